The lowest BCUT2D eigenvalue weighted by Crippen LogP contribution is -2.46. The van der Waals surface area contributed by atoms with Crippen LogP contribution in [0.3, 0.4) is 0 Å². The molecule has 0 aromatic heterocycles. The maximum Gasteiger partial charge on any atom is 0.123 e. The van der Waals surface area contributed by atoms with Crippen molar-refractivity contribution in [3.05, 3.63) is 42.5 Å². The number of hydrogen-bond acceptors (Lipinski definition) is 3. The third-order valence-electron chi connectivity index (χ3n) is 3.22. The number of piperazine rings is 1. The van der Waals surface area contributed by atoms with Crippen LogP contribution in [0.15, 0.2) is 36.9 Å². The fourth-order valence-corrected chi connectivity index (χ4v) is 2.38. The molecule has 92 valence electrons. The molecule has 0 bridgehead atoms. The zero-order valence-corrected chi connectivity index (χ0v) is 10.4. The van der Waals surface area contributed by atoms with Gasteiger partial charge in [-0.2, -0.15) is 0 Å². The predicted octanol–water partition coefficient (Wildman–Crippen LogP) is 1.83. The van der Waals surface area contributed by atoms with E-state index >= 15 is 0 Å². The lowest BCUT2D eigenvalue weighted by Gasteiger charge is -2.36. The van der Waals surface area contributed by atoms with Gasteiger partial charge in [0.05, 0.1) is 13.2 Å². The van der Waals surface area contributed by atoms with Gasteiger partial charge in [0, 0.05) is 31.7 Å². The molecule has 1 unspecified atom stereocenters. The van der Waals surface area contributed by atoms with Crippen molar-refractivity contribution in [1.82, 2.24) is 10.2 Å². The summed E-state index contributed by atoms with van der Waals surface area (Å²) in [6.07, 6.45) is 1.97. The number of methoxy groups -OCH3 is 1. The Hall–Kier alpha value is -1.32. The molecule has 0 radical (unpaired) electrons. The Morgan fingerprint density at radius 2 is 2.35 bits per heavy atom. The van der Waals surface area contributed by atoms with Crippen LogP contribution >= 0.6 is 0 Å². The minimum absolute atomic E-state index is 0.373. The quantitative estimate of drug-likeness (QED) is 0.802. The highest BCUT2D eigenvalue weighted by Gasteiger charge is 2.24. The van der Waals surface area contributed by atoms with Gasteiger partial charge in [0.15, 0.2) is 0 Å². The normalized spacial score (nSPS) is 21.1. The summed E-state index contributed by atoms with van der Waals surface area (Å²) in [6.45, 7) is 7.81. The summed E-state index contributed by atoms with van der Waals surface area (Å²) in [5.74, 6) is 0.968. The first-order valence-corrected chi connectivity index (χ1v) is 6.05. The Bertz CT molecular complexity index is 378. The van der Waals surface area contributed by atoms with Crippen LogP contribution in [-0.4, -0.2) is 38.2 Å². The minimum Gasteiger partial charge on any atom is -0.496 e. The van der Waals surface area contributed by atoms with E-state index in [1.54, 1.807) is 7.11 Å². The SMILES string of the molecule is C=CCN1CCNCC1c1ccccc1OC. The summed E-state index contributed by atoms with van der Waals surface area (Å²) in [7, 11) is 1.73. The average molecular weight is 232 g/mol. The molecule has 1 N–H and O–H groups in total. The van der Waals surface area contributed by atoms with Gasteiger partial charge in [-0.25, -0.2) is 0 Å². The minimum atomic E-state index is 0.373. The second-order valence-electron chi connectivity index (χ2n) is 4.25. The van der Waals surface area contributed by atoms with E-state index in [1.165, 1.54) is 5.56 Å². The Kier molecular flexibility index (Phi) is 4.18. The molecule has 1 heterocycles. The second kappa shape index (κ2) is 5.84. The molecular formula is C14H20N2O. The van der Waals surface area contributed by atoms with Crippen molar-refractivity contribution in [1.29, 1.82) is 0 Å². The summed E-state index contributed by atoms with van der Waals surface area (Å²) < 4.78 is 5.44. The molecular weight excluding hydrogens is 212 g/mol. The van der Waals surface area contributed by atoms with Gasteiger partial charge >= 0.3 is 0 Å². The van der Waals surface area contributed by atoms with Crippen LogP contribution in [-0.2, 0) is 0 Å². The molecule has 0 spiro atoms. The van der Waals surface area contributed by atoms with Crippen molar-refractivity contribution in [2.75, 3.05) is 33.3 Å². The number of benzene rings is 1. The molecule has 0 saturated carbocycles. The van der Waals surface area contributed by atoms with Crippen molar-refractivity contribution < 1.29 is 4.74 Å². The summed E-state index contributed by atoms with van der Waals surface area (Å²) in [4.78, 5) is 2.43. The summed E-state index contributed by atoms with van der Waals surface area (Å²) >= 11 is 0. The molecule has 0 aliphatic carbocycles. The van der Waals surface area contributed by atoms with Gasteiger partial charge < -0.3 is 10.1 Å². The lowest BCUT2D eigenvalue weighted by atomic mass is 10.0. The molecule has 17 heavy (non-hydrogen) atoms. The van der Waals surface area contributed by atoms with Crippen LogP contribution in [0, 0.1) is 0 Å². The maximum absolute atomic E-state index is 5.44. The molecule has 1 atom stereocenters. The number of para-hydroxylation sites is 1. The average Bonchev–Trinajstić information content (AvgIpc) is 2.40. The number of nitrogens with zero attached hydrogens (tertiary/aromatic N) is 1. The van der Waals surface area contributed by atoms with E-state index in [-0.39, 0.29) is 0 Å². The number of nitrogens with one attached hydrogen (secondary N) is 1. The van der Waals surface area contributed by atoms with Gasteiger partial charge in [0.25, 0.3) is 0 Å². The molecule has 3 heteroatoms. The van der Waals surface area contributed by atoms with E-state index in [1.807, 2.05) is 18.2 Å². The Morgan fingerprint density at radius 1 is 1.53 bits per heavy atom. The largest absolute Gasteiger partial charge is 0.496 e. The lowest BCUT2D eigenvalue weighted by molar-refractivity contribution is 0.177. The first kappa shape index (κ1) is 12.1. The molecule has 1 aliphatic heterocycles. The smallest absolute Gasteiger partial charge is 0.123 e. The molecule has 2 rings (SSSR count). The first-order chi connectivity index (χ1) is 8.36. The van der Waals surface area contributed by atoms with Crippen molar-refractivity contribution in [3.63, 3.8) is 0 Å². The van der Waals surface area contributed by atoms with Crippen molar-refractivity contribution in [2.24, 2.45) is 0 Å². The second-order valence-corrected chi connectivity index (χ2v) is 4.25. The van der Waals surface area contributed by atoms with Crippen LogP contribution in [0.25, 0.3) is 0 Å². The van der Waals surface area contributed by atoms with E-state index in [0.29, 0.717) is 6.04 Å². The third-order valence-corrected chi connectivity index (χ3v) is 3.22. The molecule has 1 fully saturated rings. The summed E-state index contributed by atoms with van der Waals surface area (Å²) in [5.41, 5.74) is 1.25. The van der Waals surface area contributed by atoms with Gasteiger partial charge in [0.1, 0.15) is 5.75 Å². The number of ether oxygens (including phenoxy) is 1. The van der Waals surface area contributed by atoms with Gasteiger partial charge in [0.2, 0.25) is 0 Å². The highest BCUT2D eigenvalue weighted by Crippen LogP contribution is 2.29. The molecule has 1 aromatic carbocycles. The van der Waals surface area contributed by atoms with Gasteiger partial charge in [-0.1, -0.05) is 24.3 Å². The highest BCUT2D eigenvalue weighted by molar-refractivity contribution is 5.36. The predicted molar refractivity (Wildman–Crippen MR) is 70.4 cm³/mol. The first-order valence-electron chi connectivity index (χ1n) is 6.05. The van der Waals surface area contributed by atoms with Gasteiger partial charge in [-0.05, 0) is 6.07 Å². The van der Waals surface area contributed by atoms with Gasteiger partial charge in [-0.15, -0.1) is 6.58 Å². The van der Waals surface area contributed by atoms with E-state index in [0.717, 1.165) is 31.9 Å². The monoisotopic (exact) mass is 232 g/mol. The van der Waals surface area contributed by atoms with E-state index < -0.39 is 0 Å². The van der Waals surface area contributed by atoms with Crippen LogP contribution < -0.4 is 10.1 Å². The van der Waals surface area contributed by atoms with E-state index in [4.69, 9.17) is 4.74 Å². The maximum atomic E-state index is 5.44. The summed E-state index contributed by atoms with van der Waals surface area (Å²) in [6, 6.07) is 8.62. The summed E-state index contributed by atoms with van der Waals surface area (Å²) in [5, 5.41) is 3.44. The molecule has 3 nitrogen and oxygen atoms in total. The van der Waals surface area contributed by atoms with Crippen LogP contribution in [0.4, 0.5) is 0 Å². The fourth-order valence-electron chi connectivity index (χ4n) is 2.38. The Morgan fingerprint density at radius 3 is 3.12 bits per heavy atom. The van der Waals surface area contributed by atoms with Crippen molar-refractivity contribution >= 4 is 0 Å². The Labute approximate surface area is 103 Å². The van der Waals surface area contributed by atoms with Crippen LogP contribution in [0.1, 0.15) is 11.6 Å². The van der Waals surface area contributed by atoms with E-state index in [9.17, 15) is 0 Å². The van der Waals surface area contributed by atoms with E-state index in [2.05, 4.69) is 28.9 Å². The molecule has 1 aliphatic rings. The van der Waals surface area contributed by atoms with Crippen molar-refractivity contribution in [2.45, 2.75) is 6.04 Å². The molecule has 1 saturated heterocycles. The topological polar surface area (TPSA) is 24.5 Å². The van der Waals surface area contributed by atoms with Gasteiger partial charge in [-0.3, -0.25) is 4.90 Å². The number of hydrogen-bond donors (Lipinski definition) is 1. The molecule has 0 amide bonds. The standard InChI is InChI=1S/C14H20N2O/c1-3-9-16-10-8-15-11-13(16)12-6-4-5-7-14(12)17-2/h3-7,13,15H,1,8-11H2,2H3. The molecule has 1 aromatic rings. The Balaban J connectivity index is 2.25. The van der Waals surface area contributed by atoms with Crippen molar-refractivity contribution in [3.8, 4) is 5.75 Å². The third kappa shape index (κ3) is 2.68. The van der Waals surface area contributed by atoms with Crippen LogP contribution in [0.5, 0.6) is 5.75 Å². The highest BCUT2D eigenvalue weighted by atomic mass is 16.5. The zero-order valence-electron chi connectivity index (χ0n) is 10.4. The fraction of sp³-hybridized carbons (Fsp3) is 0.429. The number of rotatable bonds is 4. The van der Waals surface area contributed by atoms with Crippen LogP contribution in [0.2, 0.25) is 0 Å². The zero-order chi connectivity index (χ0) is 12.1.